The van der Waals surface area contributed by atoms with Crippen LogP contribution < -0.4 is 10.2 Å². The van der Waals surface area contributed by atoms with Crippen LogP contribution in [0, 0.1) is 0 Å². The van der Waals surface area contributed by atoms with E-state index in [1.54, 1.807) is 6.07 Å². The lowest BCUT2D eigenvalue weighted by Gasteiger charge is -2.28. The van der Waals surface area contributed by atoms with E-state index in [-0.39, 0.29) is 11.6 Å². The number of nitrogens with zero attached hydrogens (tertiary/aromatic N) is 2. The third-order valence-electron chi connectivity index (χ3n) is 5.79. The fourth-order valence-corrected chi connectivity index (χ4v) is 4.66. The van der Waals surface area contributed by atoms with E-state index in [0.717, 1.165) is 34.8 Å². The zero-order valence-corrected chi connectivity index (χ0v) is 16.8. The summed E-state index contributed by atoms with van der Waals surface area (Å²) in [4.78, 5) is 26.5. The maximum absolute atomic E-state index is 12.7. The van der Waals surface area contributed by atoms with Gasteiger partial charge in [-0.25, -0.2) is 4.79 Å². The molecule has 29 heavy (non-hydrogen) atoms. The Hall–Kier alpha value is -2.83. The Kier molecular flexibility index (Phi) is 3.98. The summed E-state index contributed by atoms with van der Waals surface area (Å²) in [5.74, 6) is -0.628. The Labute approximate surface area is 171 Å². The molecule has 6 nitrogen and oxygen atoms in total. The molecule has 0 aliphatic carbocycles. The number of pyridine rings is 1. The molecule has 3 heterocycles. The van der Waals surface area contributed by atoms with E-state index in [0.29, 0.717) is 23.3 Å². The van der Waals surface area contributed by atoms with E-state index in [1.165, 1.54) is 11.8 Å². The van der Waals surface area contributed by atoms with Gasteiger partial charge in [0.1, 0.15) is 12.2 Å². The van der Waals surface area contributed by atoms with Crippen molar-refractivity contribution in [3.63, 3.8) is 0 Å². The first-order valence-corrected chi connectivity index (χ1v) is 9.81. The Morgan fingerprint density at radius 1 is 1.28 bits per heavy atom. The van der Waals surface area contributed by atoms with Crippen molar-refractivity contribution in [2.75, 3.05) is 13.7 Å². The minimum atomic E-state index is -1.22. The number of hydrogen-bond acceptors (Lipinski definition) is 4. The second-order valence-electron chi connectivity index (χ2n) is 7.85. The summed E-state index contributed by atoms with van der Waals surface area (Å²) < 4.78 is 7.91. The molecule has 148 valence electrons. The first kappa shape index (κ1) is 18.2. The molecule has 3 aromatic rings. The van der Waals surface area contributed by atoms with Gasteiger partial charge >= 0.3 is 5.97 Å². The maximum Gasteiger partial charge on any atom is 0.341 e. The topological polar surface area (TPSA) is 71.8 Å². The number of aromatic nitrogens is 1. The maximum atomic E-state index is 12.7. The second-order valence-corrected chi connectivity index (χ2v) is 8.26. The van der Waals surface area contributed by atoms with E-state index in [2.05, 4.69) is 18.0 Å². The lowest BCUT2D eigenvalue weighted by atomic mass is 9.97. The summed E-state index contributed by atoms with van der Waals surface area (Å²) in [7, 11) is 2.05. The number of rotatable bonds is 2. The van der Waals surface area contributed by atoms with Gasteiger partial charge in [0.05, 0.1) is 16.9 Å². The number of carbonyl (C=O) groups is 1. The first-order valence-electron chi connectivity index (χ1n) is 9.43. The van der Waals surface area contributed by atoms with Crippen LogP contribution in [0.4, 0.5) is 0 Å². The highest BCUT2D eigenvalue weighted by Crippen LogP contribution is 2.42. The van der Waals surface area contributed by atoms with Gasteiger partial charge in [0.2, 0.25) is 5.43 Å². The molecule has 0 radical (unpaired) electrons. The summed E-state index contributed by atoms with van der Waals surface area (Å²) in [6, 6.07) is 7.48. The quantitative estimate of drug-likeness (QED) is 0.693. The molecular formula is C22H19ClN2O4. The fraction of sp³-hybridized carbons (Fsp3) is 0.273. The van der Waals surface area contributed by atoms with E-state index in [4.69, 9.17) is 16.3 Å². The number of hydrogen-bond donors (Lipinski definition) is 1. The Bertz CT molecular complexity index is 1260. The molecule has 0 spiro atoms. The highest BCUT2D eigenvalue weighted by molar-refractivity contribution is 6.31. The normalized spacial score (nSPS) is 18.0. The van der Waals surface area contributed by atoms with E-state index in [1.807, 2.05) is 23.6 Å². The first-order chi connectivity index (χ1) is 13.8. The van der Waals surface area contributed by atoms with Crippen molar-refractivity contribution >= 4 is 28.5 Å². The van der Waals surface area contributed by atoms with Gasteiger partial charge in [-0.05, 0) is 54.9 Å². The molecule has 1 aromatic heterocycles. The van der Waals surface area contributed by atoms with Crippen molar-refractivity contribution in [3.05, 3.63) is 62.4 Å². The van der Waals surface area contributed by atoms with Crippen LogP contribution in [0.5, 0.6) is 5.75 Å². The van der Waals surface area contributed by atoms with Gasteiger partial charge in [-0.1, -0.05) is 11.6 Å². The molecular weight excluding hydrogens is 392 g/mol. The lowest BCUT2D eigenvalue weighted by molar-refractivity contribution is 0.0694. The lowest BCUT2D eigenvalue weighted by Crippen LogP contribution is -2.26. The number of carboxylic acid groups (broad SMARTS) is 1. The number of benzene rings is 2. The third kappa shape index (κ3) is 2.67. The molecule has 0 saturated carbocycles. The smallest absolute Gasteiger partial charge is 0.341 e. The molecule has 2 aliphatic rings. The molecule has 0 amide bonds. The second kappa shape index (κ2) is 6.34. The summed E-state index contributed by atoms with van der Waals surface area (Å²) >= 11 is 6.57. The van der Waals surface area contributed by atoms with E-state index < -0.39 is 11.4 Å². The average molecular weight is 411 g/mol. The van der Waals surface area contributed by atoms with Gasteiger partial charge in [0.25, 0.3) is 0 Å². The Balaban J connectivity index is 1.80. The summed E-state index contributed by atoms with van der Waals surface area (Å²) in [5.41, 5.74) is 4.01. The fourth-order valence-electron chi connectivity index (χ4n) is 4.36. The summed E-state index contributed by atoms with van der Waals surface area (Å²) in [6.07, 6.45) is 1.43. The van der Waals surface area contributed by atoms with E-state index in [9.17, 15) is 14.7 Å². The number of carboxylic acids is 1. The molecule has 1 N–H and O–H groups in total. The van der Waals surface area contributed by atoms with Gasteiger partial charge < -0.3 is 14.4 Å². The minimum absolute atomic E-state index is 0.0868. The van der Waals surface area contributed by atoms with Gasteiger partial charge in [0, 0.05) is 29.9 Å². The van der Waals surface area contributed by atoms with E-state index >= 15 is 0 Å². The van der Waals surface area contributed by atoms with Crippen LogP contribution in [0.3, 0.4) is 0 Å². The minimum Gasteiger partial charge on any atom is -0.489 e. The van der Waals surface area contributed by atoms with Crippen LogP contribution in [-0.2, 0) is 13.1 Å². The van der Waals surface area contributed by atoms with Gasteiger partial charge in [-0.3, -0.25) is 9.69 Å². The summed E-state index contributed by atoms with van der Waals surface area (Å²) in [5, 5.41) is 10.5. The molecule has 0 unspecified atom stereocenters. The third-order valence-corrected chi connectivity index (χ3v) is 6.13. The Morgan fingerprint density at radius 3 is 2.83 bits per heavy atom. The SMILES string of the molecule is C[C@H]1COc2c(-c3cc(Cl)c4c(c3)CN(C)C4)ccc3c(=O)c(C(=O)O)cn1c23. The number of ether oxygens (including phenoxy) is 1. The average Bonchev–Trinajstić information content (AvgIpc) is 3.06. The van der Waals surface area contributed by atoms with Crippen LogP contribution in [0.15, 0.2) is 35.3 Å². The molecule has 2 aromatic carbocycles. The highest BCUT2D eigenvalue weighted by atomic mass is 35.5. The van der Waals surface area contributed by atoms with Crippen molar-refractivity contribution in [1.82, 2.24) is 9.47 Å². The van der Waals surface area contributed by atoms with Gasteiger partial charge in [-0.15, -0.1) is 0 Å². The predicted octanol–water partition coefficient (Wildman–Crippen LogP) is 3.92. The van der Waals surface area contributed by atoms with Crippen molar-refractivity contribution < 1.29 is 14.6 Å². The van der Waals surface area contributed by atoms with Crippen LogP contribution in [-0.4, -0.2) is 34.2 Å². The molecule has 1 atom stereocenters. The van der Waals surface area contributed by atoms with Crippen molar-refractivity contribution in [3.8, 4) is 16.9 Å². The van der Waals surface area contributed by atoms with Gasteiger partial charge in [0.15, 0.2) is 5.75 Å². The zero-order valence-electron chi connectivity index (χ0n) is 16.0. The standard InChI is InChI=1S/C22H19ClN2O4/c1-11-10-29-21-14(12-5-13-7-24(2)8-16(13)18(23)6-12)3-4-15-19(21)25(11)9-17(20(15)26)22(27)28/h3-6,9,11H,7-8,10H2,1-2H3,(H,27,28)/t11-/m0/s1. The molecule has 0 saturated heterocycles. The van der Waals surface area contributed by atoms with Crippen LogP contribution >= 0.6 is 11.6 Å². The number of halogens is 1. The van der Waals surface area contributed by atoms with Crippen LogP contribution in [0.25, 0.3) is 22.0 Å². The van der Waals surface area contributed by atoms with Crippen molar-refractivity contribution in [2.24, 2.45) is 0 Å². The molecule has 0 bridgehead atoms. The molecule has 0 fully saturated rings. The largest absolute Gasteiger partial charge is 0.489 e. The number of fused-ring (bicyclic) bond motifs is 1. The summed E-state index contributed by atoms with van der Waals surface area (Å²) in [6.45, 7) is 3.98. The Morgan fingerprint density at radius 2 is 2.07 bits per heavy atom. The molecule has 5 rings (SSSR count). The van der Waals surface area contributed by atoms with Crippen LogP contribution in [0.2, 0.25) is 5.02 Å². The zero-order chi connectivity index (χ0) is 20.4. The molecule has 2 aliphatic heterocycles. The molecule has 7 heteroatoms. The highest BCUT2D eigenvalue weighted by Gasteiger charge is 2.27. The van der Waals surface area contributed by atoms with Crippen molar-refractivity contribution in [1.29, 1.82) is 0 Å². The van der Waals surface area contributed by atoms with Gasteiger partial charge in [-0.2, -0.15) is 0 Å². The van der Waals surface area contributed by atoms with Crippen LogP contribution in [0.1, 0.15) is 34.5 Å². The predicted molar refractivity (Wildman–Crippen MR) is 111 cm³/mol. The number of aromatic carboxylic acids is 1. The van der Waals surface area contributed by atoms with Crippen molar-refractivity contribution in [2.45, 2.75) is 26.1 Å². The monoisotopic (exact) mass is 410 g/mol.